The summed E-state index contributed by atoms with van der Waals surface area (Å²) in [5.74, 6) is 3.97. The molecule has 0 unspecified atom stereocenters. The van der Waals surface area contributed by atoms with Crippen molar-refractivity contribution in [2.24, 2.45) is 23.7 Å². The number of hydrogen-bond donors (Lipinski definition) is 1. The zero-order valence-corrected chi connectivity index (χ0v) is 34.7. The number of fused-ring (bicyclic) bond motifs is 4. The van der Waals surface area contributed by atoms with Gasteiger partial charge in [0, 0.05) is 34.1 Å². The van der Waals surface area contributed by atoms with E-state index in [1.807, 2.05) is 18.2 Å². The Morgan fingerprint density at radius 2 is 1.05 bits per heavy atom. The molecule has 300 valence electrons. The molecule has 56 heavy (non-hydrogen) atoms. The SMILES string of the molecule is CS(=O)(=O)O[C@@H]1C[C@@H]2C[C@H]1C[C@@H]2OCc1c(-c2c(Cl)cccc2Cl)noc1C1CC1.O[C@@H]1C[C@@H]2C[C@H]1C[C@@H]2OCc1c(-c2c(Cl)cccc2Cl)noc1C1CC1. The lowest BCUT2D eigenvalue weighted by Crippen LogP contribution is -2.30. The molecule has 0 radical (unpaired) electrons. The van der Waals surface area contributed by atoms with E-state index in [1.165, 1.54) is 0 Å². The van der Waals surface area contributed by atoms with Crippen LogP contribution in [0.5, 0.6) is 0 Å². The molecule has 0 aliphatic heterocycles. The molecule has 2 heterocycles. The minimum atomic E-state index is -3.43. The van der Waals surface area contributed by atoms with E-state index in [2.05, 4.69) is 10.3 Å². The third-order valence-corrected chi connectivity index (χ3v) is 14.5. The first kappa shape index (κ1) is 39.3. The van der Waals surface area contributed by atoms with Gasteiger partial charge in [0.25, 0.3) is 10.1 Å². The van der Waals surface area contributed by atoms with Crippen LogP contribution in [0.25, 0.3) is 22.5 Å². The van der Waals surface area contributed by atoms with Gasteiger partial charge in [-0.15, -0.1) is 0 Å². The summed E-state index contributed by atoms with van der Waals surface area (Å²) >= 11 is 25.6. The van der Waals surface area contributed by atoms with Crippen LogP contribution in [0.4, 0.5) is 0 Å². The van der Waals surface area contributed by atoms with Gasteiger partial charge in [-0.25, -0.2) is 0 Å². The van der Waals surface area contributed by atoms with E-state index in [0.29, 0.717) is 91.8 Å². The Hall–Kier alpha value is -2.19. The number of aromatic nitrogens is 2. The van der Waals surface area contributed by atoms with Crippen molar-refractivity contribution >= 4 is 56.5 Å². The van der Waals surface area contributed by atoms with Gasteiger partial charge in [-0.2, -0.15) is 8.42 Å². The van der Waals surface area contributed by atoms with Gasteiger partial charge in [0.05, 0.1) is 64.0 Å². The van der Waals surface area contributed by atoms with Crippen LogP contribution in [0.2, 0.25) is 20.1 Å². The number of aliphatic hydroxyl groups excluding tert-OH is 1. The van der Waals surface area contributed by atoms with Gasteiger partial charge in [0.15, 0.2) is 0 Å². The van der Waals surface area contributed by atoms with E-state index < -0.39 is 10.1 Å². The Labute approximate surface area is 346 Å². The molecule has 4 bridgehead atoms. The van der Waals surface area contributed by atoms with E-state index in [4.69, 9.17) is 69.1 Å². The zero-order valence-electron chi connectivity index (χ0n) is 30.8. The lowest BCUT2D eigenvalue weighted by molar-refractivity contribution is -0.0203. The fraction of sp³-hybridized carbons (Fsp3) is 0.561. The van der Waals surface area contributed by atoms with Crippen LogP contribution >= 0.6 is 46.4 Å². The number of benzene rings is 2. The van der Waals surface area contributed by atoms with Gasteiger partial charge in [-0.1, -0.05) is 68.8 Å². The van der Waals surface area contributed by atoms with Crippen LogP contribution in [-0.2, 0) is 37.0 Å². The summed E-state index contributed by atoms with van der Waals surface area (Å²) in [7, 11) is -3.43. The number of hydrogen-bond acceptors (Lipinski definition) is 10. The smallest absolute Gasteiger partial charge is 0.264 e. The molecule has 2 aromatic carbocycles. The van der Waals surface area contributed by atoms with Gasteiger partial charge in [-0.05, 0) is 112 Å². The summed E-state index contributed by atoms with van der Waals surface area (Å²) in [5.41, 5.74) is 4.63. The molecule has 6 aliphatic carbocycles. The van der Waals surface area contributed by atoms with Crippen molar-refractivity contribution in [3.8, 4) is 22.5 Å². The van der Waals surface area contributed by atoms with E-state index in [-0.39, 0.29) is 30.3 Å². The van der Waals surface area contributed by atoms with Crippen LogP contribution < -0.4 is 0 Å². The lowest BCUT2D eigenvalue weighted by atomic mass is 9.95. The first-order valence-corrected chi connectivity index (χ1v) is 22.9. The summed E-state index contributed by atoms with van der Waals surface area (Å²) in [6, 6.07) is 10.8. The van der Waals surface area contributed by atoms with Crippen LogP contribution in [0, 0.1) is 23.7 Å². The van der Waals surface area contributed by atoms with Gasteiger partial charge < -0.3 is 23.6 Å². The predicted octanol–water partition coefficient (Wildman–Crippen LogP) is 10.4. The van der Waals surface area contributed by atoms with E-state index in [0.717, 1.165) is 86.7 Å². The first-order chi connectivity index (χ1) is 26.9. The molecule has 10 rings (SSSR count). The van der Waals surface area contributed by atoms with Crippen LogP contribution in [0.3, 0.4) is 0 Å². The summed E-state index contributed by atoms with van der Waals surface area (Å²) in [5, 5.41) is 20.8. The van der Waals surface area contributed by atoms with E-state index in [1.54, 1.807) is 18.2 Å². The molecule has 4 aromatic rings. The van der Waals surface area contributed by atoms with Crippen molar-refractivity contribution in [1.82, 2.24) is 10.3 Å². The average Bonchev–Trinajstić information content (AvgIpc) is 3.85. The number of nitrogens with zero attached hydrogens (tertiary/aromatic N) is 2. The van der Waals surface area contributed by atoms with Gasteiger partial charge in [0.2, 0.25) is 0 Å². The highest BCUT2D eigenvalue weighted by atomic mass is 35.5. The molecule has 0 amide bonds. The summed E-state index contributed by atoms with van der Waals surface area (Å²) in [4.78, 5) is 0. The second kappa shape index (κ2) is 15.8. The highest BCUT2D eigenvalue weighted by molar-refractivity contribution is 7.86. The Morgan fingerprint density at radius 3 is 1.43 bits per heavy atom. The largest absolute Gasteiger partial charge is 0.393 e. The molecule has 2 aromatic heterocycles. The van der Waals surface area contributed by atoms with Crippen molar-refractivity contribution in [1.29, 1.82) is 0 Å². The fourth-order valence-corrected chi connectivity index (χ4v) is 11.4. The molecule has 6 saturated carbocycles. The van der Waals surface area contributed by atoms with Crippen molar-refractivity contribution in [3.63, 3.8) is 0 Å². The van der Waals surface area contributed by atoms with Crippen molar-refractivity contribution in [3.05, 3.63) is 79.1 Å². The van der Waals surface area contributed by atoms with E-state index >= 15 is 0 Å². The lowest BCUT2D eigenvalue weighted by Gasteiger charge is -2.27. The second-order valence-corrected chi connectivity index (χ2v) is 19.8. The minimum Gasteiger partial charge on any atom is -0.393 e. The van der Waals surface area contributed by atoms with Gasteiger partial charge in [-0.3, -0.25) is 4.18 Å². The number of halogens is 4. The maximum atomic E-state index is 11.5. The Morgan fingerprint density at radius 1 is 0.643 bits per heavy atom. The third kappa shape index (κ3) is 8.06. The number of ether oxygens (including phenoxy) is 2. The van der Waals surface area contributed by atoms with Crippen molar-refractivity contribution in [2.45, 2.75) is 114 Å². The number of rotatable bonds is 12. The standard InChI is InChI=1S/C21H23Cl2NO5S.C20H21Cl2NO3/c1-30(25,26)29-18-9-12-7-13(18)8-17(12)27-10-14-20(24-28-21(14)11-5-6-11)19-15(22)3-2-4-16(19)23;21-14-2-1-3-15(22)18(14)19-13(20(26-23-19)10-4-5-10)9-25-17-8-11-6-12(17)7-16(11)24/h2-4,11-13,17-18H,5-10H2,1H3;1-3,10-12,16-17,24H,4-9H2/t12-,13-,17-,18+;11-,12-,16+,17-/m00/s1. The Kier molecular flexibility index (Phi) is 11.1. The fourth-order valence-electron chi connectivity index (χ4n) is 9.59. The first-order valence-electron chi connectivity index (χ1n) is 19.6. The molecule has 6 fully saturated rings. The molecule has 1 N–H and O–H groups in total. The summed E-state index contributed by atoms with van der Waals surface area (Å²) in [6.07, 6.45) is 10.8. The van der Waals surface area contributed by atoms with Gasteiger partial charge in [0.1, 0.15) is 22.9 Å². The summed E-state index contributed by atoms with van der Waals surface area (Å²) in [6.45, 7) is 0.827. The highest BCUT2D eigenvalue weighted by Crippen LogP contribution is 2.51. The maximum absolute atomic E-state index is 11.5. The topological polar surface area (TPSA) is 134 Å². The third-order valence-electron chi connectivity index (χ3n) is 12.6. The second-order valence-electron chi connectivity index (χ2n) is 16.5. The van der Waals surface area contributed by atoms with Crippen LogP contribution in [0.15, 0.2) is 45.4 Å². The molecular formula is C41H44Cl4N2O8S. The predicted molar refractivity (Wildman–Crippen MR) is 212 cm³/mol. The average molecular weight is 867 g/mol. The van der Waals surface area contributed by atoms with Crippen molar-refractivity contribution in [2.75, 3.05) is 6.26 Å². The van der Waals surface area contributed by atoms with E-state index in [9.17, 15) is 13.5 Å². The Balaban J connectivity index is 0.000000148. The molecule has 0 saturated heterocycles. The minimum absolute atomic E-state index is 0.0749. The Bertz CT molecular complexity index is 2160. The monoisotopic (exact) mass is 864 g/mol. The maximum Gasteiger partial charge on any atom is 0.264 e. The zero-order chi connectivity index (χ0) is 38.9. The molecule has 10 nitrogen and oxygen atoms in total. The number of aliphatic hydroxyl groups is 1. The van der Waals surface area contributed by atoms with Crippen LogP contribution in [0.1, 0.15) is 98.7 Å². The van der Waals surface area contributed by atoms with Gasteiger partial charge >= 0.3 is 0 Å². The normalized spacial score (nSPS) is 29.2. The highest BCUT2D eigenvalue weighted by Gasteiger charge is 2.49. The molecule has 15 heteroatoms. The van der Waals surface area contributed by atoms with Crippen molar-refractivity contribution < 1.29 is 36.2 Å². The quantitative estimate of drug-likeness (QED) is 0.137. The molecular weight excluding hydrogens is 822 g/mol. The molecule has 6 aliphatic rings. The molecule has 0 spiro atoms. The van der Waals surface area contributed by atoms with Crippen LogP contribution in [-0.4, -0.2) is 54.5 Å². The summed E-state index contributed by atoms with van der Waals surface area (Å²) < 4.78 is 52.2. The molecule has 8 atom stereocenters.